The van der Waals surface area contributed by atoms with Crippen molar-refractivity contribution in [2.45, 2.75) is 51.6 Å². The SMILES string of the molecule is S=C(NCCCc1ccccc1)Nc1nc(N2CCCCCC2)cc(N2Cc3ccccc3C2)n1. The minimum absolute atomic E-state index is 0.568. The van der Waals surface area contributed by atoms with E-state index in [1.807, 2.05) is 0 Å². The summed E-state index contributed by atoms with van der Waals surface area (Å²) in [4.78, 5) is 14.5. The minimum atomic E-state index is 0.568. The van der Waals surface area contributed by atoms with Gasteiger partial charge in [-0.3, -0.25) is 0 Å². The molecule has 0 saturated carbocycles. The molecule has 7 heteroatoms. The van der Waals surface area contributed by atoms with Crippen LogP contribution in [0.25, 0.3) is 0 Å². The second-order valence-electron chi connectivity index (χ2n) is 9.40. The number of aromatic nitrogens is 2. The highest BCUT2D eigenvalue weighted by atomic mass is 32.1. The predicted molar refractivity (Wildman–Crippen MR) is 148 cm³/mol. The molecule has 1 aromatic heterocycles. The molecule has 0 aliphatic carbocycles. The van der Waals surface area contributed by atoms with E-state index in [4.69, 9.17) is 22.2 Å². The Bertz CT molecular complexity index is 1100. The van der Waals surface area contributed by atoms with Crippen LogP contribution in [0.1, 0.15) is 48.8 Å². The van der Waals surface area contributed by atoms with Gasteiger partial charge in [-0.05, 0) is 54.6 Å². The predicted octanol–water partition coefficient (Wildman–Crippen LogP) is 5.30. The molecule has 1 fully saturated rings. The van der Waals surface area contributed by atoms with Gasteiger partial charge in [-0.25, -0.2) is 0 Å². The van der Waals surface area contributed by atoms with Gasteiger partial charge in [-0.2, -0.15) is 9.97 Å². The maximum Gasteiger partial charge on any atom is 0.232 e. The van der Waals surface area contributed by atoms with Crippen LogP contribution in [0.4, 0.5) is 17.6 Å². The van der Waals surface area contributed by atoms with Gasteiger partial charge in [0.25, 0.3) is 0 Å². The van der Waals surface area contributed by atoms with Gasteiger partial charge in [-0.1, -0.05) is 67.4 Å². The number of aryl methyl sites for hydroxylation is 1. The van der Waals surface area contributed by atoms with E-state index in [9.17, 15) is 0 Å². The van der Waals surface area contributed by atoms with E-state index in [-0.39, 0.29) is 0 Å². The summed E-state index contributed by atoms with van der Waals surface area (Å²) in [5, 5.41) is 7.16. The van der Waals surface area contributed by atoms with Crippen molar-refractivity contribution in [3.05, 3.63) is 77.4 Å². The average Bonchev–Trinajstić information content (AvgIpc) is 3.13. The van der Waals surface area contributed by atoms with Crippen LogP contribution in [0.3, 0.4) is 0 Å². The first-order valence-electron chi connectivity index (χ1n) is 12.8. The Kier molecular flexibility index (Phi) is 7.73. The number of fused-ring (bicyclic) bond motifs is 1. The highest BCUT2D eigenvalue weighted by Crippen LogP contribution is 2.30. The number of hydrogen-bond acceptors (Lipinski definition) is 5. The molecule has 0 amide bonds. The van der Waals surface area contributed by atoms with Crippen LogP contribution in [0.5, 0.6) is 0 Å². The van der Waals surface area contributed by atoms with E-state index >= 15 is 0 Å². The molecule has 0 spiro atoms. The molecule has 0 unspecified atom stereocenters. The number of nitrogens with zero attached hydrogens (tertiary/aromatic N) is 4. The molecule has 2 N–H and O–H groups in total. The molecular weight excluding hydrogens is 452 g/mol. The van der Waals surface area contributed by atoms with Crippen molar-refractivity contribution in [2.24, 2.45) is 0 Å². The zero-order chi connectivity index (χ0) is 23.9. The van der Waals surface area contributed by atoms with Gasteiger partial charge >= 0.3 is 0 Å². The molecule has 0 bridgehead atoms. The van der Waals surface area contributed by atoms with Crippen molar-refractivity contribution in [1.82, 2.24) is 15.3 Å². The van der Waals surface area contributed by atoms with E-state index < -0.39 is 0 Å². The van der Waals surface area contributed by atoms with Gasteiger partial charge in [0.05, 0.1) is 0 Å². The molecule has 3 aromatic rings. The van der Waals surface area contributed by atoms with Gasteiger partial charge in [0.1, 0.15) is 11.6 Å². The van der Waals surface area contributed by atoms with Crippen LogP contribution < -0.4 is 20.4 Å². The summed E-state index contributed by atoms with van der Waals surface area (Å²) in [5.41, 5.74) is 4.08. The molecule has 2 aliphatic heterocycles. The molecule has 2 aliphatic rings. The normalized spacial score (nSPS) is 15.4. The van der Waals surface area contributed by atoms with Gasteiger partial charge < -0.3 is 20.4 Å². The highest BCUT2D eigenvalue weighted by Gasteiger charge is 2.22. The zero-order valence-corrected chi connectivity index (χ0v) is 21.1. The van der Waals surface area contributed by atoms with Gasteiger partial charge in [0, 0.05) is 38.8 Å². The number of thiocarbonyl (C=S) groups is 1. The molecule has 1 saturated heterocycles. The van der Waals surface area contributed by atoms with Crippen molar-refractivity contribution in [3.63, 3.8) is 0 Å². The van der Waals surface area contributed by atoms with Crippen LogP contribution >= 0.6 is 12.2 Å². The smallest absolute Gasteiger partial charge is 0.232 e. The molecule has 6 nitrogen and oxygen atoms in total. The standard InChI is InChI=1S/C28H34N6S/c35-28(29-16-10-13-22-11-4-3-5-12-22)32-27-30-25(33-17-8-1-2-9-18-33)19-26(31-27)34-20-23-14-6-7-15-24(23)21-34/h3-7,11-12,14-15,19H,1-2,8-10,13,16-18,20-21H2,(H2,29,30,31,32,35). The third-order valence-corrected chi connectivity index (χ3v) is 7.04. The molecule has 0 atom stereocenters. The van der Waals surface area contributed by atoms with E-state index in [0.29, 0.717) is 11.1 Å². The summed E-state index contributed by atoms with van der Waals surface area (Å²) >= 11 is 5.59. The third kappa shape index (κ3) is 6.28. The second kappa shape index (κ2) is 11.5. The van der Waals surface area contributed by atoms with Gasteiger partial charge in [0.2, 0.25) is 5.95 Å². The van der Waals surface area contributed by atoms with E-state index in [0.717, 1.165) is 57.2 Å². The maximum atomic E-state index is 5.59. The lowest BCUT2D eigenvalue weighted by Gasteiger charge is -2.25. The van der Waals surface area contributed by atoms with Crippen molar-refractivity contribution in [2.75, 3.05) is 34.8 Å². The fraction of sp³-hybridized carbons (Fsp3) is 0.393. The van der Waals surface area contributed by atoms with E-state index in [2.05, 4.69) is 81.1 Å². The zero-order valence-electron chi connectivity index (χ0n) is 20.2. The number of nitrogens with one attached hydrogen (secondary N) is 2. The monoisotopic (exact) mass is 486 g/mol. The summed E-state index contributed by atoms with van der Waals surface area (Å²) in [5.74, 6) is 2.50. The number of hydrogen-bond donors (Lipinski definition) is 2. The molecule has 182 valence electrons. The van der Waals surface area contributed by atoms with E-state index in [1.54, 1.807) is 0 Å². The molecule has 35 heavy (non-hydrogen) atoms. The topological polar surface area (TPSA) is 56.3 Å². The summed E-state index contributed by atoms with van der Waals surface area (Å²) < 4.78 is 0. The average molecular weight is 487 g/mol. The van der Waals surface area contributed by atoms with Crippen molar-refractivity contribution >= 4 is 34.9 Å². The molecule has 5 rings (SSSR count). The lowest BCUT2D eigenvalue weighted by Crippen LogP contribution is -2.31. The van der Waals surface area contributed by atoms with Gasteiger partial charge in [-0.15, -0.1) is 0 Å². The van der Waals surface area contributed by atoms with Crippen molar-refractivity contribution in [3.8, 4) is 0 Å². The third-order valence-electron chi connectivity index (χ3n) is 6.79. The number of benzene rings is 2. The lowest BCUT2D eigenvalue weighted by atomic mass is 10.1. The van der Waals surface area contributed by atoms with Crippen molar-refractivity contribution in [1.29, 1.82) is 0 Å². The summed E-state index contributed by atoms with van der Waals surface area (Å²) in [6, 6.07) is 21.3. The Balaban J connectivity index is 1.27. The van der Waals surface area contributed by atoms with Gasteiger partial charge in [0.15, 0.2) is 5.11 Å². The van der Waals surface area contributed by atoms with Crippen LogP contribution in [-0.4, -0.2) is 34.7 Å². The number of anilines is 3. The Morgan fingerprint density at radius 2 is 1.43 bits per heavy atom. The molecule has 2 aromatic carbocycles. The first-order chi connectivity index (χ1) is 17.2. The Labute approximate surface area is 213 Å². The first kappa shape index (κ1) is 23.5. The van der Waals surface area contributed by atoms with Crippen LogP contribution in [0.2, 0.25) is 0 Å². The fourth-order valence-corrected chi connectivity index (χ4v) is 5.08. The molecular formula is C28H34N6S. The summed E-state index contributed by atoms with van der Waals surface area (Å²) in [7, 11) is 0. The van der Waals surface area contributed by atoms with Crippen LogP contribution in [0, 0.1) is 0 Å². The largest absolute Gasteiger partial charge is 0.362 e. The fourth-order valence-electron chi connectivity index (χ4n) is 4.88. The second-order valence-corrected chi connectivity index (χ2v) is 9.81. The first-order valence-corrected chi connectivity index (χ1v) is 13.2. The summed E-state index contributed by atoms with van der Waals surface area (Å²) in [6.45, 7) is 4.62. The van der Waals surface area contributed by atoms with Crippen molar-refractivity contribution < 1.29 is 0 Å². The minimum Gasteiger partial charge on any atom is -0.362 e. The maximum absolute atomic E-state index is 5.59. The van der Waals surface area contributed by atoms with Crippen LogP contribution in [-0.2, 0) is 19.5 Å². The molecule has 0 radical (unpaired) electrons. The summed E-state index contributed by atoms with van der Waals surface area (Å²) in [6.07, 6.45) is 7.03. The van der Waals surface area contributed by atoms with Crippen LogP contribution in [0.15, 0.2) is 60.7 Å². The lowest BCUT2D eigenvalue weighted by molar-refractivity contribution is 0.726. The quantitative estimate of drug-likeness (QED) is 0.347. The molecule has 3 heterocycles. The van der Waals surface area contributed by atoms with E-state index in [1.165, 1.54) is 42.4 Å². The Morgan fingerprint density at radius 3 is 2.11 bits per heavy atom. The Morgan fingerprint density at radius 1 is 0.800 bits per heavy atom. The highest BCUT2D eigenvalue weighted by molar-refractivity contribution is 7.80. The number of rotatable bonds is 7. The Hall–Kier alpha value is -3.19.